The Hall–Kier alpha value is -1.19. The maximum atomic E-state index is 6.31. The van der Waals surface area contributed by atoms with Crippen molar-refractivity contribution in [3.63, 3.8) is 0 Å². The molecule has 2 aromatic carbocycles. The topological polar surface area (TPSA) is 35.2 Å². The minimum absolute atomic E-state index is 0.181. The van der Waals surface area contributed by atoms with E-state index >= 15 is 0 Å². The maximum Gasteiger partial charge on any atom is 0.250 e. The van der Waals surface area contributed by atoms with Gasteiger partial charge in [-0.2, -0.15) is 0 Å². The molecule has 2 nitrogen and oxygen atoms in total. The molecule has 0 fully saturated rings. The largest absolute Gasteiger partial charge is 0.543 e. The van der Waals surface area contributed by atoms with Gasteiger partial charge in [-0.1, -0.05) is 38.4 Å². The van der Waals surface area contributed by atoms with Crippen molar-refractivity contribution in [3.05, 3.63) is 35.4 Å². The standard InChI is InChI=1S/C16H22ClNOSi/c1-16(2,3)20(4,5)19-12-7-8-13-11(10-12)6-9-14(18)15(13)17/h6-10H,18H2,1-5H3. The van der Waals surface area contributed by atoms with Crippen molar-refractivity contribution in [2.24, 2.45) is 0 Å². The molecule has 0 radical (unpaired) electrons. The van der Waals surface area contributed by atoms with E-state index in [1.807, 2.05) is 30.3 Å². The molecule has 0 aliphatic heterocycles. The Kier molecular flexibility index (Phi) is 3.78. The van der Waals surface area contributed by atoms with Crippen molar-refractivity contribution in [2.45, 2.75) is 38.9 Å². The van der Waals surface area contributed by atoms with E-state index in [-0.39, 0.29) is 5.04 Å². The lowest BCUT2D eigenvalue weighted by Gasteiger charge is -2.36. The Morgan fingerprint density at radius 3 is 2.35 bits per heavy atom. The third-order valence-corrected chi connectivity index (χ3v) is 8.91. The number of nitrogen functional groups attached to an aromatic ring is 1. The molecule has 0 saturated carbocycles. The van der Waals surface area contributed by atoms with E-state index in [2.05, 4.69) is 33.9 Å². The van der Waals surface area contributed by atoms with E-state index in [1.54, 1.807) is 0 Å². The van der Waals surface area contributed by atoms with Crippen LogP contribution in [0.4, 0.5) is 5.69 Å². The molecule has 0 aromatic heterocycles. The minimum atomic E-state index is -1.82. The number of anilines is 1. The summed E-state index contributed by atoms with van der Waals surface area (Å²) >= 11 is 6.23. The normalized spacial score (nSPS) is 12.7. The first-order valence-electron chi connectivity index (χ1n) is 6.78. The molecular formula is C16H22ClNOSi. The van der Waals surface area contributed by atoms with Crippen LogP contribution in [0.3, 0.4) is 0 Å². The highest BCUT2D eigenvalue weighted by molar-refractivity contribution is 6.74. The second kappa shape index (κ2) is 4.97. The third kappa shape index (κ3) is 2.79. The molecule has 0 unspecified atom stereocenters. The molecule has 0 amide bonds. The molecule has 0 aliphatic carbocycles. The molecule has 4 heteroatoms. The predicted molar refractivity (Wildman–Crippen MR) is 91.2 cm³/mol. The van der Waals surface area contributed by atoms with Crippen LogP contribution in [0.2, 0.25) is 23.2 Å². The fourth-order valence-corrected chi connectivity index (χ4v) is 3.06. The van der Waals surface area contributed by atoms with Crippen molar-refractivity contribution in [1.29, 1.82) is 0 Å². The summed E-state index contributed by atoms with van der Waals surface area (Å²) < 4.78 is 6.31. The van der Waals surface area contributed by atoms with E-state index in [0.717, 1.165) is 16.5 Å². The van der Waals surface area contributed by atoms with Crippen LogP contribution in [-0.2, 0) is 0 Å². The monoisotopic (exact) mass is 307 g/mol. The first-order chi connectivity index (χ1) is 9.12. The van der Waals surface area contributed by atoms with Gasteiger partial charge in [-0.25, -0.2) is 0 Å². The van der Waals surface area contributed by atoms with Crippen LogP contribution in [-0.4, -0.2) is 8.32 Å². The summed E-state index contributed by atoms with van der Waals surface area (Å²) in [5, 5.41) is 2.82. The zero-order chi connectivity index (χ0) is 15.1. The molecule has 2 aromatic rings. The molecule has 0 saturated heterocycles. The third-order valence-electron chi connectivity index (χ3n) is 4.13. The molecule has 0 atom stereocenters. The van der Waals surface area contributed by atoms with Crippen LogP contribution < -0.4 is 10.2 Å². The van der Waals surface area contributed by atoms with E-state index in [0.29, 0.717) is 10.7 Å². The van der Waals surface area contributed by atoms with Gasteiger partial charge in [0, 0.05) is 5.39 Å². The predicted octanol–water partition coefficient (Wildman–Crippen LogP) is 5.46. The fraction of sp³-hybridized carbons (Fsp3) is 0.375. The number of fused-ring (bicyclic) bond motifs is 1. The molecule has 0 bridgehead atoms. The second-order valence-electron chi connectivity index (χ2n) is 6.71. The lowest BCUT2D eigenvalue weighted by Crippen LogP contribution is -2.43. The SMILES string of the molecule is CC(C)(C)[Si](C)(C)Oc1ccc2c(Cl)c(N)ccc2c1. The average molecular weight is 308 g/mol. The zero-order valence-corrected chi connectivity index (χ0v) is 14.5. The lowest BCUT2D eigenvalue weighted by molar-refractivity contribution is 0.493. The smallest absolute Gasteiger partial charge is 0.250 e. The van der Waals surface area contributed by atoms with Crippen LogP contribution in [0, 0.1) is 0 Å². The molecule has 2 N–H and O–H groups in total. The van der Waals surface area contributed by atoms with Gasteiger partial charge in [0.15, 0.2) is 0 Å². The van der Waals surface area contributed by atoms with Crippen LogP contribution >= 0.6 is 11.6 Å². The quantitative estimate of drug-likeness (QED) is 0.590. The number of benzene rings is 2. The van der Waals surface area contributed by atoms with E-state index < -0.39 is 8.32 Å². The van der Waals surface area contributed by atoms with Gasteiger partial charge in [0.1, 0.15) is 5.75 Å². The first-order valence-corrected chi connectivity index (χ1v) is 10.1. The van der Waals surface area contributed by atoms with Gasteiger partial charge in [0.25, 0.3) is 0 Å². The summed E-state index contributed by atoms with van der Waals surface area (Å²) in [4.78, 5) is 0. The van der Waals surface area contributed by atoms with Crippen LogP contribution in [0.5, 0.6) is 5.75 Å². The molecule has 108 valence electrons. The van der Waals surface area contributed by atoms with Crippen LogP contribution in [0.1, 0.15) is 20.8 Å². The van der Waals surface area contributed by atoms with Gasteiger partial charge >= 0.3 is 0 Å². The van der Waals surface area contributed by atoms with Gasteiger partial charge in [0.05, 0.1) is 10.7 Å². The van der Waals surface area contributed by atoms with Crippen molar-refractivity contribution < 1.29 is 4.43 Å². The van der Waals surface area contributed by atoms with Crippen molar-refractivity contribution >= 4 is 36.4 Å². The van der Waals surface area contributed by atoms with Gasteiger partial charge < -0.3 is 10.2 Å². The van der Waals surface area contributed by atoms with Gasteiger partial charge in [-0.3, -0.25) is 0 Å². The summed E-state index contributed by atoms with van der Waals surface area (Å²) in [6.45, 7) is 11.2. The molecule has 20 heavy (non-hydrogen) atoms. The van der Waals surface area contributed by atoms with Crippen molar-refractivity contribution in [2.75, 3.05) is 5.73 Å². The number of halogens is 1. The Balaban J connectivity index is 2.41. The van der Waals surface area contributed by atoms with Gasteiger partial charge in [0.2, 0.25) is 8.32 Å². The van der Waals surface area contributed by atoms with Crippen molar-refractivity contribution in [3.8, 4) is 5.75 Å². The first kappa shape index (κ1) is 15.2. The summed E-state index contributed by atoms with van der Waals surface area (Å²) in [5.74, 6) is 0.907. The summed E-state index contributed by atoms with van der Waals surface area (Å²) in [7, 11) is -1.82. The summed E-state index contributed by atoms with van der Waals surface area (Å²) in [5.41, 5.74) is 6.44. The highest BCUT2D eigenvalue weighted by atomic mass is 35.5. The number of hydrogen-bond acceptors (Lipinski definition) is 2. The lowest BCUT2D eigenvalue weighted by atomic mass is 10.1. The highest BCUT2D eigenvalue weighted by Gasteiger charge is 2.38. The summed E-state index contributed by atoms with van der Waals surface area (Å²) in [6.07, 6.45) is 0. The Morgan fingerprint density at radius 2 is 1.75 bits per heavy atom. The highest BCUT2D eigenvalue weighted by Crippen LogP contribution is 2.38. The Morgan fingerprint density at radius 1 is 1.10 bits per heavy atom. The minimum Gasteiger partial charge on any atom is -0.543 e. The van der Waals surface area contributed by atoms with E-state index in [1.165, 1.54) is 0 Å². The number of rotatable bonds is 2. The number of hydrogen-bond donors (Lipinski definition) is 1. The van der Waals surface area contributed by atoms with Gasteiger partial charge in [-0.15, -0.1) is 0 Å². The molecular weight excluding hydrogens is 286 g/mol. The number of nitrogens with two attached hydrogens (primary N) is 1. The van der Waals surface area contributed by atoms with E-state index in [4.69, 9.17) is 21.8 Å². The molecule has 2 rings (SSSR count). The fourth-order valence-electron chi connectivity index (χ4n) is 1.80. The Labute approximate surface area is 127 Å². The Bertz CT molecular complexity index is 647. The van der Waals surface area contributed by atoms with Crippen molar-refractivity contribution in [1.82, 2.24) is 0 Å². The average Bonchev–Trinajstić information content (AvgIpc) is 2.32. The summed E-state index contributed by atoms with van der Waals surface area (Å²) in [6, 6.07) is 9.82. The van der Waals surface area contributed by atoms with Crippen LogP contribution in [0.25, 0.3) is 10.8 Å². The zero-order valence-electron chi connectivity index (χ0n) is 12.8. The molecule has 0 aliphatic rings. The molecule has 0 heterocycles. The second-order valence-corrected chi connectivity index (χ2v) is 11.8. The van der Waals surface area contributed by atoms with Crippen LogP contribution in [0.15, 0.2) is 30.3 Å². The van der Waals surface area contributed by atoms with E-state index in [9.17, 15) is 0 Å². The maximum absolute atomic E-state index is 6.31. The van der Waals surface area contributed by atoms with Gasteiger partial charge in [-0.05, 0) is 47.8 Å². The molecule has 0 spiro atoms.